The molecule has 0 fully saturated rings. The Hall–Kier alpha value is -0.420. The van der Waals surface area contributed by atoms with E-state index in [0.717, 1.165) is 29.4 Å². The lowest BCUT2D eigenvalue weighted by molar-refractivity contribution is 0.173. The highest BCUT2D eigenvalue weighted by Crippen LogP contribution is 2.17. The zero-order valence-corrected chi connectivity index (χ0v) is 12.4. The Labute approximate surface area is 117 Å². The molecule has 3 nitrogen and oxygen atoms in total. The molecule has 1 aromatic rings. The highest BCUT2D eigenvalue weighted by Gasteiger charge is 2.07. The first-order valence-electron chi connectivity index (χ1n) is 6.38. The summed E-state index contributed by atoms with van der Waals surface area (Å²) in [7, 11) is 0. The molecule has 102 valence electrons. The van der Waals surface area contributed by atoms with Gasteiger partial charge in [0.15, 0.2) is 0 Å². The molecule has 0 aromatic heterocycles. The van der Waals surface area contributed by atoms with Crippen LogP contribution in [0.5, 0.6) is 0 Å². The maximum absolute atomic E-state index is 9.98. The molecule has 0 amide bonds. The third-order valence-corrected chi connectivity index (χ3v) is 3.43. The molecule has 0 aliphatic heterocycles. The zero-order valence-electron chi connectivity index (χ0n) is 10.8. The summed E-state index contributed by atoms with van der Waals surface area (Å²) < 4.78 is 0.982. The van der Waals surface area contributed by atoms with Crippen LogP contribution in [0.3, 0.4) is 0 Å². The monoisotopic (exact) mass is 315 g/mol. The smallest absolute Gasteiger partial charge is 0.0914 e. The van der Waals surface area contributed by atoms with Crippen LogP contribution >= 0.6 is 15.9 Å². The van der Waals surface area contributed by atoms with E-state index in [9.17, 15) is 5.11 Å². The maximum Gasteiger partial charge on any atom is 0.0914 e. The first-order valence-corrected chi connectivity index (χ1v) is 7.18. The molecule has 0 heterocycles. The molecule has 3 N–H and O–H groups in total. The summed E-state index contributed by atoms with van der Waals surface area (Å²) in [6, 6.07) is 7.72. The molecule has 0 aliphatic rings. The number of hydrogen-bond donors (Lipinski definition) is 3. The summed E-state index contributed by atoms with van der Waals surface area (Å²) >= 11 is 3.39. The Kier molecular flexibility index (Phi) is 7.51. The molecular formula is C14H22BrNO2. The Morgan fingerprint density at radius 3 is 2.83 bits per heavy atom. The van der Waals surface area contributed by atoms with Crippen molar-refractivity contribution in [3.63, 3.8) is 0 Å². The van der Waals surface area contributed by atoms with E-state index >= 15 is 0 Å². The van der Waals surface area contributed by atoms with Crippen molar-refractivity contribution in [2.75, 3.05) is 19.7 Å². The van der Waals surface area contributed by atoms with Crippen molar-refractivity contribution in [1.82, 2.24) is 5.32 Å². The van der Waals surface area contributed by atoms with Crippen molar-refractivity contribution in [2.45, 2.75) is 25.9 Å². The fraction of sp³-hybridized carbons (Fsp3) is 0.571. The minimum atomic E-state index is -0.474. The number of hydrogen-bond acceptors (Lipinski definition) is 3. The lowest BCUT2D eigenvalue weighted by Crippen LogP contribution is -2.23. The van der Waals surface area contributed by atoms with Gasteiger partial charge in [0.05, 0.1) is 6.10 Å². The summed E-state index contributed by atoms with van der Waals surface area (Å²) in [6.45, 7) is 3.72. The van der Waals surface area contributed by atoms with Gasteiger partial charge < -0.3 is 15.5 Å². The molecular weight excluding hydrogens is 294 g/mol. The third-order valence-electron chi connectivity index (χ3n) is 2.93. The molecule has 0 saturated heterocycles. The average Bonchev–Trinajstić information content (AvgIpc) is 2.37. The topological polar surface area (TPSA) is 52.5 Å². The predicted octanol–water partition coefficient (Wildman–Crippen LogP) is 2.48. The van der Waals surface area contributed by atoms with E-state index < -0.39 is 6.10 Å². The van der Waals surface area contributed by atoms with Gasteiger partial charge in [-0.1, -0.05) is 35.0 Å². The van der Waals surface area contributed by atoms with Gasteiger partial charge in [0.25, 0.3) is 0 Å². The largest absolute Gasteiger partial charge is 0.396 e. The summed E-state index contributed by atoms with van der Waals surface area (Å²) in [5.41, 5.74) is 0.917. The SMILES string of the molecule is CC(CO)CCCNCC(O)c1cccc(Br)c1. The van der Waals surface area contributed by atoms with E-state index in [1.54, 1.807) is 0 Å². The highest BCUT2D eigenvalue weighted by molar-refractivity contribution is 9.10. The summed E-state index contributed by atoms with van der Waals surface area (Å²) in [5, 5.41) is 22.1. The van der Waals surface area contributed by atoms with Gasteiger partial charge in [-0.05, 0) is 43.0 Å². The van der Waals surface area contributed by atoms with Crippen molar-refractivity contribution in [3.8, 4) is 0 Å². The van der Waals surface area contributed by atoms with Gasteiger partial charge in [0, 0.05) is 17.6 Å². The molecule has 1 rings (SSSR count). The summed E-state index contributed by atoms with van der Waals surface area (Å²) in [6.07, 6.45) is 1.56. The van der Waals surface area contributed by atoms with Gasteiger partial charge in [0.2, 0.25) is 0 Å². The van der Waals surface area contributed by atoms with Crippen LogP contribution < -0.4 is 5.32 Å². The number of aliphatic hydroxyl groups excluding tert-OH is 2. The van der Waals surface area contributed by atoms with Gasteiger partial charge in [0.1, 0.15) is 0 Å². The molecule has 2 atom stereocenters. The predicted molar refractivity (Wildman–Crippen MR) is 77.5 cm³/mol. The Morgan fingerprint density at radius 2 is 2.17 bits per heavy atom. The number of halogens is 1. The van der Waals surface area contributed by atoms with Crippen LogP contribution in [0, 0.1) is 5.92 Å². The van der Waals surface area contributed by atoms with E-state index in [0.29, 0.717) is 12.5 Å². The van der Waals surface area contributed by atoms with E-state index in [2.05, 4.69) is 21.2 Å². The van der Waals surface area contributed by atoms with Gasteiger partial charge in [-0.2, -0.15) is 0 Å². The van der Waals surface area contributed by atoms with Crippen molar-refractivity contribution < 1.29 is 10.2 Å². The lowest BCUT2D eigenvalue weighted by atomic mass is 10.1. The van der Waals surface area contributed by atoms with E-state index in [4.69, 9.17) is 5.11 Å². The second kappa shape index (κ2) is 8.64. The quantitative estimate of drug-likeness (QED) is 0.646. The van der Waals surface area contributed by atoms with Crippen LogP contribution in [-0.2, 0) is 0 Å². The highest BCUT2D eigenvalue weighted by atomic mass is 79.9. The van der Waals surface area contributed by atoms with Crippen LogP contribution in [0.25, 0.3) is 0 Å². The Bertz CT molecular complexity index is 346. The van der Waals surface area contributed by atoms with Gasteiger partial charge >= 0.3 is 0 Å². The standard InChI is InChI=1S/C14H22BrNO2/c1-11(10-17)4-3-7-16-9-14(18)12-5-2-6-13(15)8-12/h2,5-6,8,11,14,16-18H,3-4,7,9-10H2,1H3. The molecule has 0 bridgehead atoms. The second-order valence-corrected chi connectivity index (χ2v) is 5.62. The number of rotatable bonds is 8. The molecule has 4 heteroatoms. The van der Waals surface area contributed by atoms with Crippen molar-refractivity contribution in [3.05, 3.63) is 34.3 Å². The maximum atomic E-state index is 9.98. The van der Waals surface area contributed by atoms with Gasteiger partial charge in [-0.15, -0.1) is 0 Å². The lowest BCUT2D eigenvalue weighted by Gasteiger charge is -2.13. The average molecular weight is 316 g/mol. The molecule has 0 aliphatic carbocycles. The van der Waals surface area contributed by atoms with Crippen molar-refractivity contribution >= 4 is 15.9 Å². The van der Waals surface area contributed by atoms with Crippen LogP contribution in [-0.4, -0.2) is 29.9 Å². The zero-order chi connectivity index (χ0) is 13.4. The fourth-order valence-corrected chi connectivity index (χ4v) is 2.15. The molecule has 0 radical (unpaired) electrons. The van der Waals surface area contributed by atoms with Crippen LogP contribution in [0.1, 0.15) is 31.4 Å². The number of aliphatic hydroxyl groups is 2. The van der Waals surface area contributed by atoms with E-state index in [1.165, 1.54) is 0 Å². The molecule has 18 heavy (non-hydrogen) atoms. The normalized spacial score (nSPS) is 14.4. The first kappa shape index (κ1) is 15.6. The van der Waals surface area contributed by atoms with Crippen LogP contribution in [0.2, 0.25) is 0 Å². The number of nitrogens with one attached hydrogen (secondary N) is 1. The fourth-order valence-electron chi connectivity index (χ4n) is 1.74. The Morgan fingerprint density at radius 1 is 1.39 bits per heavy atom. The molecule has 0 spiro atoms. The Balaban J connectivity index is 2.19. The summed E-state index contributed by atoms with van der Waals surface area (Å²) in [5.74, 6) is 0.363. The number of benzene rings is 1. The third kappa shape index (κ3) is 5.96. The van der Waals surface area contributed by atoms with E-state index in [1.807, 2.05) is 31.2 Å². The van der Waals surface area contributed by atoms with Gasteiger partial charge in [-0.3, -0.25) is 0 Å². The van der Waals surface area contributed by atoms with E-state index in [-0.39, 0.29) is 6.61 Å². The first-order chi connectivity index (χ1) is 8.63. The minimum Gasteiger partial charge on any atom is -0.396 e. The van der Waals surface area contributed by atoms with Crippen molar-refractivity contribution in [1.29, 1.82) is 0 Å². The van der Waals surface area contributed by atoms with Gasteiger partial charge in [-0.25, -0.2) is 0 Å². The van der Waals surface area contributed by atoms with Crippen LogP contribution in [0.15, 0.2) is 28.7 Å². The molecule has 1 aromatic carbocycles. The van der Waals surface area contributed by atoms with Crippen LogP contribution in [0.4, 0.5) is 0 Å². The molecule has 2 unspecified atom stereocenters. The minimum absolute atomic E-state index is 0.251. The summed E-state index contributed by atoms with van der Waals surface area (Å²) in [4.78, 5) is 0. The second-order valence-electron chi connectivity index (χ2n) is 4.70. The molecule has 0 saturated carbocycles. The van der Waals surface area contributed by atoms with Crippen molar-refractivity contribution in [2.24, 2.45) is 5.92 Å².